The Morgan fingerprint density at radius 2 is 2.08 bits per heavy atom. The summed E-state index contributed by atoms with van der Waals surface area (Å²) in [6.45, 7) is 8.72. The van der Waals surface area contributed by atoms with Crippen molar-refractivity contribution in [3.63, 3.8) is 0 Å². The Balaban J connectivity index is 1.91. The van der Waals surface area contributed by atoms with Crippen LogP contribution in [-0.2, 0) is 4.74 Å². The second-order valence-corrected chi connectivity index (χ2v) is 4.05. The molecule has 3 nitrogen and oxygen atoms in total. The van der Waals surface area contributed by atoms with E-state index in [0.29, 0.717) is 18.1 Å². The Kier molecular flexibility index (Phi) is 2.35. The molecular formula is C9H18N2O. The van der Waals surface area contributed by atoms with Gasteiger partial charge >= 0.3 is 0 Å². The van der Waals surface area contributed by atoms with E-state index in [1.54, 1.807) is 0 Å². The summed E-state index contributed by atoms with van der Waals surface area (Å²) in [4.78, 5) is 2.57. The molecule has 0 spiro atoms. The van der Waals surface area contributed by atoms with E-state index in [1.807, 2.05) is 0 Å². The zero-order valence-corrected chi connectivity index (χ0v) is 7.92. The third-order valence-corrected chi connectivity index (χ3v) is 2.90. The van der Waals surface area contributed by atoms with Crippen molar-refractivity contribution in [2.24, 2.45) is 0 Å². The molecule has 2 rings (SSSR count). The molecule has 0 aromatic carbocycles. The van der Waals surface area contributed by atoms with Crippen LogP contribution >= 0.6 is 0 Å². The van der Waals surface area contributed by atoms with Crippen LogP contribution in [0.5, 0.6) is 0 Å². The zero-order chi connectivity index (χ0) is 8.55. The van der Waals surface area contributed by atoms with E-state index >= 15 is 0 Å². The van der Waals surface area contributed by atoms with Gasteiger partial charge in [0.05, 0.1) is 19.3 Å². The molecule has 2 saturated heterocycles. The fourth-order valence-corrected chi connectivity index (χ4v) is 1.97. The molecular weight excluding hydrogens is 152 g/mol. The number of hydrogen-bond acceptors (Lipinski definition) is 3. The van der Waals surface area contributed by atoms with Crippen molar-refractivity contribution < 1.29 is 4.74 Å². The lowest BCUT2D eigenvalue weighted by Gasteiger charge is -2.45. The van der Waals surface area contributed by atoms with E-state index in [9.17, 15) is 0 Å². The van der Waals surface area contributed by atoms with Crippen LogP contribution in [-0.4, -0.2) is 49.3 Å². The second-order valence-electron chi connectivity index (χ2n) is 4.05. The molecule has 2 aliphatic heterocycles. The summed E-state index contributed by atoms with van der Waals surface area (Å²) in [6.07, 6.45) is 0. The Morgan fingerprint density at radius 3 is 2.67 bits per heavy atom. The predicted molar refractivity (Wildman–Crippen MR) is 48.2 cm³/mol. The van der Waals surface area contributed by atoms with Gasteiger partial charge in [0.15, 0.2) is 0 Å². The summed E-state index contributed by atoms with van der Waals surface area (Å²) < 4.78 is 5.21. The smallest absolute Gasteiger partial charge is 0.0645 e. The highest BCUT2D eigenvalue weighted by Crippen LogP contribution is 2.16. The normalized spacial score (nSPS) is 39.5. The lowest BCUT2D eigenvalue weighted by molar-refractivity contribution is -0.0858. The standard InChI is InChI=1S/C9H18N2O/c1-7-4-11(8(2)3-10-7)9-5-12-6-9/h7-10H,3-6H2,1-2H3. The van der Waals surface area contributed by atoms with Crippen molar-refractivity contribution >= 4 is 0 Å². The average molecular weight is 170 g/mol. The van der Waals surface area contributed by atoms with E-state index in [4.69, 9.17) is 4.74 Å². The molecule has 2 atom stereocenters. The van der Waals surface area contributed by atoms with Crippen LogP contribution in [0.4, 0.5) is 0 Å². The molecule has 2 unspecified atom stereocenters. The largest absolute Gasteiger partial charge is 0.378 e. The zero-order valence-electron chi connectivity index (χ0n) is 7.92. The van der Waals surface area contributed by atoms with Crippen molar-refractivity contribution in [2.75, 3.05) is 26.3 Å². The van der Waals surface area contributed by atoms with Gasteiger partial charge in [-0.25, -0.2) is 0 Å². The highest BCUT2D eigenvalue weighted by molar-refractivity contribution is 4.88. The van der Waals surface area contributed by atoms with Crippen LogP contribution in [0.25, 0.3) is 0 Å². The van der Waals surface area contributed by atoms with Gasteiger partial charge in [-0.15, -0.1) is 0 Å². The molecule has 1 N–H and O–H groups in total. The maximum absolute atomic E-state index is 5.21. The first-order valence-corrected chi connectivity index (χ1v) is 4.84. The first-order chi connectivity index (χ1) is 5.77. The first kappa shape index (κ1) is 8.48. The van der Waals surface area contributed by atoms with Crippen molar-refractivity contribution in [2.45, 2.75) is 32.0 Å². The number of nitrogens with zero attached hydrogens (tertiary/aromatic N) is 1. The molecule has 0 saturated carbocycles. The molecule has 70 valence electrons. The molecule has 2 fully saturated rings. The van der Waals surface area contributed by atoms with Crippen molar-refractivity contribution in [1.82, 2.24) is 10.2 Å². The molecule has 0 radical (unpaired) electrons. The molecule has 0 amide bonds. The first-order valence-electron chi connectivity index (χ1n) is 4.84. The number of rotatable bonds is 1. The van der Waals surface area contributed by atoms with Crippen molar-refractivity contribution in [3.05, 3.63) is 0 Å². The van der Waals surface area contributed by atoms with E-state index in [1.165, 1.54) is 6.54 Å². The predicted octanol–water partition coefficient (Wildman–Crippen LogP) is 0.0674. The van der Waals surface area contributed by atoms with Gasteiger partial charge in [-0.05, 0) is 13.8 Å². The maximum atomic E-state index is 5.21. The minimum atomic E-state index is 0.641. The van der Waals surface area contributed by atoms with E-state index < -0.39 is 0 Å². The molecule has 3 heteroatoms. The van der Waals surface area contributed by atoms with Gasteiger partial charge in [0.1, 0.15) is 0 Å². The van der Waals surface area contributed by atoms with Crippen LogP contribution < -0.4 is 5.32 Å². The number of hydrogen-bond donors (Lipinski definition) is 1. The SMILES string of the molecule is CC1CN(C2COC2)C(C)CN1. The summed E-state index contributed by atoms with van der Waals surface area (Å²) in [5.41, 5.74) is 0. The Morgan fingerprint density at radius 1 is 1.33 bits per heavy atom. The van der Waals surface area contributed by atoms with Gasteiger partial charge in [-0.2, -0.15) is 0 Å². The van der Waals surface area contributed by atoms with E-state index in [2.05, 4.69) is 24.1 Å². The van der Waals surface area contributed by atoms with Gasteiger partial charge in [-0.1, -0.05) is 0 Å². The highest BCUT2D eigenvalue weighted by Gasteiger charge is 2.32. The van der Waals surface area contributed by atoms with Gasteiger partial charge in [-0.3, -0.25) is 4.90 Å². The summed E-state index contributed by atoms with van der Waals surface area (Å²) in [5.74, 6) is 0. The van der Waals surface area contributed by atoms with E-state index in [0.717, 1.165) is 19.8 Å². The molecule has 12 heavy (non-hydrogen) atoms. The summed E-state index contributed by atoms with van der Waals surface area (Å²) in [5, 5.41) is 3.48. The maximum Gasteiger partial charge on any atom is 0.0645 e. The monoisotopic (exact) mass is 170 g/mol. The summed E-state index contributed by atoms with van der Waals surface area (Å²) >= 11 is 0. The van der Waals surface area contributed by atoms with Crippen LogP contribution in [0.15, 0.2) is 0 Å². The van der Waals surface area contributed by atoms with Crippen LogP contribution in [0.2, 0.25) is 0 Å². The molecule has 2 heterocycles. The van der Waals surface area contributed by atoms with Crippen LogP contribution in [0.1, 0.15) is 13.8 Å². The van der Waals surface area contributed by atoms with Crippen LogP contribution in [0, 0.1) is 0 Å². The molecule has 2 aliphatic rings. The van der Waals surface area contributed by atoms with Gasteiger partial charge in [0.25, 0.3) is 0 Å². The van der Waals surface area contributed by atoms with E-state index in [-0.39, 0.29) is 0 Å². The number of piperazine rings is 1. The average Bonchev–Trinajstić information content (AvgIpc) is 1.93. The highest BCUT2D eigenvalue weighted by atomic mass is 16.5. The minimum absolute atomic E-state index is 0.641. The fraction of sp³-hybridized carbons (Fsp3) is 1.00. The Bertz CT molecular complexity index is 157. The fourth-order valence-electron chi connectivity index (χ4n) is 1.97. The number of nitrogens with one attached hydrogen (secondary N) is 1. The third-order valence-electron chi connectivity index (χ3n) is 2.90. The quantitative estimate of drug-likeness (QED) is 0.602. The summed E-state index contributed by atoms with van der Waals surface area (Å²) in [6, 6.07) is 2.02. The lowest BCUT2D eigenvalue weighted by atomic mass is 10.1. The van der Waals surface area contributed by atoms with Crippen LogP contribution in [0.3, 0.4) is 0 Å². The molecule has 0 aliphatic carbocycles. The Labute approximate surface area is 74.1 Å². The summed E-state index contributed by atoms with van der Waals surface area (Å²) in [7, 11) is 0. The molecule has 0 bridgehead atoms. The van der Waals surface area contributed by atoms with Crippen molar-refractivity contribution in [3.8, 4) is 0 Å². The topological polar surface area (TPSA) is 24.5 Å². The lowest BCUT2D eigenvalue weighted by Crippen LogP contribution is -2.62. The molecule has 0 aromatic heterocycles. The molecule has 0 aromatic rings. The Hall–Kier alpha value is -0.120. The van der Waals surface area contributed by atoms with Gasteiger partial charge in [0.2, 0.25) is 0 Å². The second kappa shape index (κ2) is 3.32. The van der Waals surface area contributed by atoms with Gasteiger partial charge in [0, 0.05) is 25.2 Å². The number of ether oxygens (including phenoxy) is 1. The van der Waals surface area contributed by atoms with Crippen molar-refractivity contribution in [1.29, 1.82) is 0 Å². The minimum Gasteiger partial charge on any atom is -0.378 e. The third kappa shape index (κ3) is 1.49. The van der Waals surface area contributed by atoms with Gasteiger partial charge < -0.3 is 10.1 Å².